The van der Waals surface area contributed by atoms with Gasteiger partial charge in [-0.25, -0.2) is 8.78 Å². The highest BCUT2D eigenvalue weighted by molar-refractivity contribution is 5.75. The van der Waals surface area contributed by atoms with Crippen molar-refractivity contribution in [3.8, 4) is 11.8 Å². The molecule has 0 bridgehead atoms. The standard InChI is InChI=1S/C19H19F2NO2/c1-2-3-13-10-19(13)6-4-12(5-7-19)18(23)24-14-8-16(20)15(11-22)17(21)9-14/h2,8-9,12-13H,1,3-7,10H2. The SMILES string of the molecule is C=CCC1CC12CCC(C(=O)Oc1cc(F)c(C#N)c(F)c1)CC2. The third-order valence-corrected chi connectivity index (χ3v) is 5.47. The van der Waals surface area contributed by atoms with Crippen molar-refractivity contribution in [2.75, 3.05) is 0 Å². The fourth-order valence-corrected chi connectivity index (χ4v) is 3.92. The maximum atomic E-state index is 13.6. The molecule has 0 radical (unpaired) electrons. The normalized spacial score (nSPS) is 28.2. The number of hydrogen-bond acceptors (Lipinski definition) is 3. The summed E-state index contributed by atoms with van der Waals surface area (Å²) in [6.45, 7) is 3.78. The Morgan fingerprint density at radius 1 is 1.38 bits per heavy atom. The number of halogens is 2. The molecule has 5 heteroatoms. The number of carbonyl (C=O) groups excluding carboxylic acids is 1. The minimum Gasteiger partial charge on any atom is -0.426 e. The van der Waals surface area contributed by atoms with E-state index in [0.29, 0.717) is 11.3 Å². The lowest BCUT2D eigenvalue weighted by Gasteiger charge is -2.28. The maximum Gasteiger partial charge on any atom is 0.314 e. The van der Waals surface area contributed by atoms with Crippen LogP contribution in [0, 0.1) is 40.2 Å². The van der Waals surface area contributed by atoms with Gasteiger partial charge in [0.15, 0.2) is 0 Å². The molecule has 0 aliphatic heterocycles. The fourth-order valence-electron chi connectivity index (χ4n) is 3.92. The van der Waals surface area contributed by atoms with Crippen molar-refractivity contribution in [1.82, 2.24) is 0 Å². The Bertz CT molecular complexity index is 692. The molecule has 0 heterocycles. The number of nitrogens with zero attached hydrogens (tertiary/aromatic N) is 1. The van der Waals surface area contributed by atoms with Gasteiger partial charge < -0.3 is 4.74 Å². The number of benzene rings is 1. The van der Waals surface area contributed by atoms with Crippen LogP contribution in [0.1, 0.15) is 44.1 Å². The number of esters is 1. The second-order valence-electron chi connectivity index (χ2n) is 6.86. The molecule has 24 heavy (non-hydrogen) atoms. The second kappa shape index (κ2) is 6.35. The number of carbonyl (C=O) groups is 1. The van der Waals surface area contributed by atoms with E-state index < -0.39 is 23.2 Å². The van der Waals surface area contributed by atoms with Gasteiger partial charge in [0.1, 0.15) is 29.0 Å². The van der Waals surface area contributed by atoms with Gasteiger partial charge in [-0.1, -0.05) is 6.08 Å². The van der Waals surface area contributed by atoms with Gasteiger partial charge in [0.05, 0.1) is 5.92 Å². The highest BCUT2D eigenvalue weighted by atomic mass is 19.1. The molecule has 1 aromatic carbocycles. The Hall–Kier alpha value is -2.22. The molecule has 1 aromatic rings. The quantitative estimate of drug-likeness (QED) is 0.463. The summed E-state index contributed by atoms with van der Waals surface area (Å²) in [4.78, 5) is 12.2. The number of rotatable bonds is 4. The Morgan fingerprint density at radius 3 is 2.54 bits per heavy atom. The maximum absolute atomic E-state index is 13.6. The van der Waals surface area contributed by atoms with E-state index in [9.17, 15) is 13.6 Å². The molecule has 2 saturated carbocycles. The van der Waals surface area contributed by atoms with Crippen LogP contribution in [0.5, 0.6) is 5.75 Å². The smallest absolute Gasteiger partial charge is 0.314 e. The summed E-state index contributed by atoms with van der Waals surface area (Å²) in [7, 11) is 0. The van der Waals surface area contributed by atoms with E-state index in [-0.39, 0.29) is 11.7 Å². The predicted octanol–water partition coefficient (Wildman–Crippen LogP) is 4.51. The third-order valence-electron chi connectivity index (χ3n) is 5.47. The number of ether oxygens (including phenoxy) is 1. The van der Waals surface area contributed by atoms with Crippen LogP contribution >= 0.6 is 0 Å². The average molecular weight is 331 g/mol. The molecule has 2 aliphatic carbocycles. The molecule has 3 nitrogen and oxygen atoms in total. The van der Waals surface area contributed by atoms with E-state index >= 15 is 0 Å². The van der Waals surface area contributed by atoms with Crippen LogP contribution in [0.15, 0.2) is 24.8 Å². The van der Waals surface area contributed by atoms with Crippen molar-refractivity contribution in [2.45, 2.75) is 38.5 Å². The van der Waals surface area contributed by atoms with E-state index in [1.165, 1.54) is 12.5 Å². The zero-order chi connectivity index (χ0) is 17.3. The van der Waals surface area contributed by atoms with Crippen LogP contribution in [-0.4, -0.2) is 5.97 Å². The van der Waals surface area contributed by atoms with Crippen LogP contribution in [-0.2, 0) is 4.79 Å². The van der Waals surface area contributed by atoms with Gasteiger partial charge in [0.25, 0.3) is 0 Å². The molecular weight excluding hydrogens is 312 g/mol. The minimum atomic E-state index is -1.02. The minimum absolute atomic E-state index is 0.190. The molecule has 1 spiro atoms. The summed E-state index contributed by atoms with van der Waals surface area (Å²) in [5, 5.41) is 8.65. The lowest BCUT2D eigenvalue weighted by Crippen LogP contribution is -2.27. The summed E-state index contributed by atoms with van der Waals surface area (Å²) in [5.74, 6) is -2.23. The van der Waals surface area contributed by atoms with E-state index in [1.54, 1.807) is 0 Å². The Balaban J connectivity index is 1.59. The van der Waals surface area contributed by atoms with Gasteiger partial charge >= 0.3 is 5.97 Å². The van der Waals surface area contributed by atoms with Gasteiger partial charge in [-0.05, 0) is 49.9 Å². The molecule has 2 fully saturated rings. The zero-order valence-corrected chi connectivity index (χ0v) is 13.4. The Labute approximate surface area is 139 Å². The molecule has 0 amide bonds. The first-order valence-electron chi connectivity index (χ1n) is 8.21. The van der Waals surface area contributed by atoms with Crippen molar-refractivity contribution in [3.05, 3.63) is 42.0 Å². The highest BCUT2D eigenvalue weighted by Gasteiger charge is 2.54. The zero-order valence-electron chi connectivity index (χ0n) is 13.4. The lowest BCUT2D eigenvalue weighted by molar-refractivity contribution is -0.140. The van der Waals surface area contributed by atoms with Gasteiger partial charge in [-0.3, -0.25) is 4.79 Å². The highest BCUT2D eigenvalue weighted by Crippen LogP contribution is 2.63. The summed E-state index contributed by atoms with van der Waals surface area (Å²) in [6.07, 6.45) is 7.64. The lowest BCUT2D eigenvalue weighted by atomic mass is 9.78. The average Bonchev–Trinajstić information content (AvgIpc) is 3.19. The summed E-state index contributed by atoms with van der Waals surface area (Å²) >= 11 is 0. The third kappa shape index (κ3) is 3.06. The van der Waals surface area contributed by atoms with Gasteiger partial charge in [0.2, 0.25) is 0 Å². The van der Waals surface area contributed by atoms with Crippen molar-refractivity contribution < 1.29 is 18.3 Å². The Kier molecular flexibility index (Phi) is 4.40. The molecule has 3 rings (SSSR count). The van der Waals surface area contributed by atoms with Crippen molar-refractivity contribution >= 4 is 5.97 Å². The topological polar surface area (TPSA) is 50.1 Å². The van der Waals surface area contributed by atoms with E-state index in [4.69, 9.17) is 10.00 Å². The number of hydrogen-bond donors (Lipinski definition) is 0. The first-order valence-corrected chi connectivity index (χ1v) is 8.21. The molecule has 0 N–H and O–H groups in total. The van der Waals surface area contributed by atoms with Crippen LogP contribution in [0.3, 0.4) is 0 Å². The fraction of sp³-hybridized carbons (Fsp3) is 0.474. The first-order chi connectivity index (χ1) is 11.5. The van der Waals surface area contributed by atoms with Gasteiger partial charge in [-0.15, -0.1) is 6.58 Å². The van der Waals surface area contributed by atoms with E-state index in [0.717, 1.165) is 44.2 Å². The van der Waals surface area contributed by atoms with E-state index in [1.807, 2.05) is 6.08 Å². The monoisotopic (exact) mass is 331 g/mol. The summed E-state index contributed by atoms with van der Waals surface area (Å²) in [6, 6.07) is 3.20. The van der Waals surface area contributed by atoms with Crippen LogP contribution in [0.2, 0.25) is 0 Å². The van der Waals surface area contributed by atoms with Crippen LogP contribution in [0.25, 0.3) is 0 Å². The molecule has 0 saturated heterocycles. The molecular formula is C19H19F2NO2. The molecule has 2 aliphatic rings. The largest absolute Gasteiger partial charge is 0.426 e. The predicted molar refractivity (Wildman–Crippen MR) is 84.0 cm³/mol. The number of nitriles is 1. The molecule has 1 unspecified atom stereocenters. The van der Waals surface area contributed by atoms with E-state index in [2.05, 4.69) is 6.58 Å². The molecule has 0 aromatic heterocycles. The first kappa shape index (κ1) is 16.6. The van der Waals surface area contributed by atoms with Crippen LogP contribution < -0.4 is 4.74 Å². The van der Waals surface area contributed by atoms with Crippen molar-refractivity contribution in [3.63, 3.8) is 0 Å². The Morgan fingerprint density at radius 2 is 2.00 bits per heavy atom. The van der Waals surface area contributed by atoms with Crippen molar-refractivity contribution in [2.24, 2.45) is 17.3 Å². The van der Waals surface area contributed by atoms with Crippen LogP contribution in [0.4, 0.5) is 8.78 Å². The van der Waals surface area contributed by atoms with Gasteiger partial charge in [0, 0.05) is 12.1 Å². The summed E-state index contributed by atoms with van der Waals surface area (Å²) in [5.41, 5.74) is -0.297. The number of allylic oxidation sites excluding steroid dienone is 1. The van der Waals surface area contributed by atoms with Gasteiger partial charge in [-0.2, -0.15) is 5.26 Å². The molecule has 1 atom stereocenters. The summed E-state index contributed by atoms with van der Waals surface area (Å²) < 4.78 is 32.3. The van der Waals surface area contributed by atoms with Crippen molar-refractivity contribution in [1.29, 1.82) is 5.26 Å². The second-order valence-corrected chi connectivity index (χ2v) is 6.86. The molecule has 126 valence electrons.